The molecule has 48 valence electrons. The lowest BCUT2D eigenvalue weighted by atomic mass is 11.0. The zero-order valence-corrected chi connectivity index (χ0v) is 5.85. The highest BCUT2D eigenvalue weighted by Gasteiger charge is 2.10. The third kappa shape index (κ3) is 2.80. The summed E-state index contributed by atoms with van der Waals surface area (Å²) in [5.74, 6) is 0. The summed E-state index contributed by atoms with van der Waals surface area (Å²) in [7, 11) is -2.54. The van der Waals surface area contributed by atoms with E-state index in [-0.39, 0.29) is 6.47 Å². The lowest BCUT2D eigenvalue weighted by molar-refractivity contribution is -0.120. The van der Waals surface area contributed by atoms with Crippen LogP contribution in [0.5, 0.6) is 0 Å². The molecule has 0 aromatic rings. The van der Waals surface area contributed by atoms with Crippen LogP contribution in [0, 0.1) is 0 Å². The fraction of sp³-hybridized carbons (Fsp3) is 0.750. The van der Waals surface area contributed by atoms with Gasteiger partial charge in [-0.3, -0.25) is 9.36 Å². The van der Waals surface area contributed by atoms with Crippen molar-refractivity contribution < 1.29 is 13.9 Å². The van der Waals surface area contributed by atoms with Gasteiger partial charge < -0.3 is 4.52 Å². The zero-order valence-electron chi connectivity index (χ0n) is 4.96. The van der Waals surface area contributed by atoms with Crippen LogP contribution in [0.15, 0.2) is 0 Å². The fourth-order valence-corrected chi connectivity index (χ4v) is 0.497. The van der Waals surface area contributed by atoms with Gasteiger partial charge in [0.25, 0.3) is 6.47 Å². The van der Waals surface area contributed by atoms with E-state index < -0.39 is 7.37 Å². The largest absolute Gasteiger partial charge is 0.414 e. The van der Waals surface area contributed by atoms with Crippen LogP contribution in [0.1, 0.15) is 6.92 Å². The summed E-state index contributed by atoms with van der Waals surface area (Å²) in [5.41, 5.74) is 0. The van der Waals surface area contributed by atoms with Crippen LogP contribution >= 0.6 is 7.37 Å². The number of carbonyl (C=O) groups is 1. The summed E-state index contributed by atoms with van der Waals surface area (Å²) in [6, 6.07) is 0. The monoisotopic (exact) mass is 136 g/mol. The Balaban J connectivity index is 3.72. The molecule has 0 aliphatic heterocycles. The second kappa shape index (κ2) is 2.88. The van der Waals surface area contributed by atoms with Crippen molar-refractivity contribution in [3.63, 3.8) is 0 Å². The molecule has 1 unspecified atom stereocenters. The van der Waals surface area contributed by atoms with Gasteiger partial charge in [-0.05, 0) is 0 Å². The van der Waals surface area contributed by atoms with Crippen LogP contribution in [0.4, 0.5) is 0 Å². The highest BCUT2D eigenvalue weighted by Crippen LogP contribution is 2.40. The molecule has 0 aliphatic rings. The molecule has 0 saturated heterocycles. The number of hydrogen-bond acceptors (Lipinski definition) is 3. The van der Waals surface area contributed by atoms with Crippen LogP contribution in [-0.2, 0) is 13.9 Å². The van der Waals surface area contributed by atoms with Crippen molar-refractivity contribution in [1.29, 1.82) is 0 Å². The van der Waals surface area contributed by atoms with Crippen molar-refractivity contribution in [2.45, 2.75) is 6.92 Å². The molecule has 0 aromatic heterocycles. The Labute approximate surface area is 48.5 Å². The minimum Gasteiger partial charge on any atom is -0.414 e. The first-order valence-electron chi connectivity index (χ1n) is 2.31. The third-order valence-electron chi connectivity index (χ3n) is 0.840. The van der Waals surface area contributed by atoms with Crippen LogP contribution in [-0.4, -0.2) is 19.3 Å². The van der Waals surface area contributed by atoms with Crippen molar-refractivity contribution in [1.82, 2.24) is 0 Å². The Morgan fingerprint density at radius 2 is 2.25 bits per heavy atom. The highest BCUT2D eigenvalue weighted by molar-refractivity contribution is 7.58. The van der Waals surface area contributed by atoms with E-state index in [1.54, 1.807) is 6.92 Å². The van der Waals surface area contributed by atoms with E-state index in [2.05, 4.69) is 4.52 Å². The molecule has 0 spiro atoms. The van der Waals surface area contributed by atoms with Crippen LogP contribution in [0.25, 0.3) is 0 Å². The Morgan fingerprint density at radius 1 is 1.75 bits per heavy atom. The third-order valence-corrected chi connectivity index (χ3v) is 2.52. The number of hydrogen-bond donors (Lipinski definition) is 0. The first-order valence-corrected chi connectivity index (χ1v) is 4.56. The Bertz CT molecular complexity index is 120. The maximum absolute atomic E-state index is 10.7. The summed E-state index contributed by atoms with van der Waals surface area (Å²) < 4.78 is 15.0. The summed E-state index contributed by atoms with van der Waals surface area (Å²) in [4.78, 5) is 9.58. The molecule has 0 radical (unpaired) electrons. The van der Waals surface area contributed by atoms with E-state index in [1.165, 1.54) is 6.66 Å². The first kappa shape index (κ1) is 7.70. The standard InChI is InChI=1S/C4H9O3P/c1-3-8(2,6)7-4-5/h4H,3H2,1-2H3. The van der Waals surface area contributed by atoms with Gasteiger partial charge in [0.1, 0.15) is 0 Å². The van der Waals surface area contributed by atoms with Gasteiger partial charge in [-0.1, -0.05) is 6.92 Å². The topological polar surface area (TPSA) is 43.4 Å². The van der Waals surface area contributed by atoms with Crippen LogP contribution in [0.3, 0.4) is 0 Å². The van der Waals surface area contributed by atoms with Gasteiger partial charge in [-0.2, -0.15) is 0 Å². The minimum atomic E-state index is -2.54. The average Bonchev–Trinajstić information content (AvgIpc) is 1.67. The maximum Gasteiger partial charge on any atom is 0.298 e. The van der Waals surface area contributed by atoms with Crippen LogP contribution < -0.4 is 0 Å². The van der Waals surface area contributed by atoms with E-state index in [1.807, 2.05) is 0 Å². The van der Waals surface area contributed by atoms with E-state index >= 15 is 0 Å². The predicted molar refractivity (Wildman–Crippen MR) is 31.2 cm³/mol. The van der Waals surface area contributed by atoms with E-state index in [4.69, 9.17) is 0 Å². The van der Waals surface area contributed by atoms with Crippen molar-refractivity contribution in [3.8, 4) is 0 Å². The lowest BCUT2D eigenvalue weighted by Crippen LogP contribution is -1.86. The average molecular weight is 136 g/mol. The van der Waals surface area contributed by atoms with Crippen molar-refractivity contribution in [3.05, 3.63) is 0 Å². The molecular formula is C4H9O3P. The molecule has 3 nitrogen and oxygen atoms in total. The van der Waals surface area contributed by atoms with Crippen molar-refractivity contribution >= 4 is 13.8 Å². The molecule has 1 atom stereocenters. The van der Waals surface area contributed by atoms with Gasteiger partial charge in [-0.15, -0.1) is 0 Å². The Kier molecular flexibility index (Phi) is 2.77. The molecule has 0 aromatic carbocycles. The number of rotatable bonds is 3. The van der Waals surface area contributed by atoms with E-state index in [9.17, 15) is 9.36 Å². The molecule has 8 heavy (non-hydrogen) atoms. The first-order chi connectivity index (χ1) is 3.62. The molecule has 0 heterocycles. The Morgan fingerprint density at radius 3 is 2.38 bits per heavy atom. The van der Waals surface area contributed by atoms with Gasteiger partial charge >= 0.3 is 0 Å². The molecule has 0 fully saturated rings. The molecule has 0 bridgehead atoms. The quantitative estimate of drug-likeness (QED) is 0.430. The SMILES string of the molecule is CCP(C)(=O)OC=O. The summed E-state index contributed by atoms with van der Waals surface area (Å²) in [5, 5.41) is 0. The molecule has 4 heteroatoms. The van der Waals surface area contributed by atoms with Gasteiger partial charge in [-0.25, -0.2) is 0 Å². The molecule has 0 saturated carbocycles. The molecular weight excluding hydrogens is 127 g/mol. The minimum absolute atomic E-state index is 0.226. The zero-order chi connectivity index (χ0) is 6.62. The highest BCUT2D eigenvalue weighted by atomic mass is 31.2. The Hall–Kier alpha value is -0.300. The molecule has 0 N–H and O–H groups in total. The lowest BCUT2D eigenvalue weighted by Gasteiger charge is -2.04. The maximum atomic E-state index is 10.7. The van der Waals surface area contributed by atoms with Gasteiger partial charge in [0.2, 0.25) is 7.37 Å². The summed E-state index contributed by atoms with van der Waals surface area (Å²) in [6.07, 6.45) is 0.408. The van der Waals surface area contributed by atoms with Gasteiger partial charge in [0.05, 0.1) is 0 Å². The molecule has 0 amide bonds. The second-order valence-electron chi connectivity index (χ2n) is 1.53. The second-order valence-corrected chi connectivity index (χ2v) is 4.40. The summed E-state index contributed by atoms with van der Waals surface area (Å²) in [6.45, 7) is 3.37. The van der Waals surface area contributed by atoms with E-state index in [0.29, 0.717) is 6.16 Å². The summed E-state index contributed by atoms with van der Waals surface area (Å²) >= 11 is 0. The van der Waals surface area contributed by atoms with E-state index in [0.717, 1.165) is 0 Å². The fourth-order valence-electron chi connectivity index (χ4n) is 0.166. The normalized spacial score (nSPS) is 16.8. The van der Waals surface area contributed by atoms with Gasteiger partial charge in [0.15, 0.2) is 0 Å². The molecule has 0 aliphatic carbocycles. The number of carbonyl (C=O) groups excluding carboxylic acids is 1. The van der Waals surface area contributed by atoms with Crippen molar-refractivity contribution in [2.24, 2.45) is 0 Å². The predicted octanol–water partition coefficient (Wildman–Crippen LogP) is 1.09. The van der Waals surface area contributed by atoms with Crippen LogP contribution in [0.2, 0.25) is 0 Å². The molecule has 0 rings (SSSR count). The van der Waals surface area contributed by atoms with Gasteiger partial charge in [0, 0.05) is 12.8 Å². The smallest absolute Gasteiger partial charge is 0.298 e. The van der Waals surface area contributed by atoms with Crippen molar-refractivity contribution in [2.75, 3.05) is 12.8 Å².